The maximum absolute atomic E-state index is 12.5. The van der Waals surface area contributed by atoms with Crippen molar-refractivity contribution in [1.82, 2.24) is 20.0 Å². The lowest BCUT2D eigenvalue weighted by Crippen LogP contribution is -2.44. The number of likely N-dealkylation sites (tertiary alicyclic amines) is 1. The van der Waals surface area contributed by atoms with E-state index in [2.05, 4.69) is 10.4 Å². The minimum absolute atomic E-state index is 0.00748. The van der Waals surface area contributed by atoms with Crippen LogP contribution in [-0.4, -0.2) is 45.4 Å². The van der Waals surface area contributed by atoms with Crippen LogP contribution in [0.3, 0.4) is 0 Å². The topological polar surface area (TPSA) is 76.5 Å². The maximum atomic E-state index is 12.5. The largest absolute Gasteiger partial charge is 0.444 e. The van der Waals surface area contributed by atoms with E-state index >= 15 is 0 Å². The number of halogens is 1. The van der Waals surface area contributed by atoms with Crippen LogP contribution in [0.1, 0.15) is 39.2 Å². The third-order valence-corrected chi connectivity index (χ3v) is 4.96. The number of nitrogens with zero attached hydrogens (tertiary/aromatic N) is 3. The second-order valence-electron chi connectivity index (χ2n) is 8.23. The van der Waals surface area contributed by atoms with E-state index in [1.165, 1.54) is 0 Å². The number of carbonyl (C=O) groups is 2. The predicted molar refractivity (Wildman–Crippen MR) is 111 cm³/mol. The van der Waals surface area contributed by atoms with E-state index in [1.807, 2.05) is 51.2 Å². The summed E-state index contributed by atoms with van der Waals surface area (Å²) >= 11 is 5.91. The molecule has 0 spiro atoms. The summed E-state index contributed by atoms with van der Waals surface area (Å²) in [7, 11) is 0. The van der Waals surface area contributed by atoms with Crippen molar-refractivity contribution in [2.45, 2.75) is 45.8 Å². The number of nitrogens with one attached hydrogen (secondary N) is 1. The molecule has 7 nitrogen and oxygen atoms in total. The standard InChI is InChI=1S/C21H27ClN4O3/c1-21(2,3)29-20(28)25-10-8-16(9-11-25)19(27)23-12-15-13-24-26(14-15)18-6-4-17(22)5-7-18/h4-7,13-14,16H,8-12H2,1-3H3,(H,23,27). The van der Waals surface area contributed by atoms with Crippen molar-refractivity contribution < 1.29 is 14.3 Å². The fourth-order valence-corrected chi connectivity index (χ4v) is 3.30. The van der Waals surface area contributed by atoms with Crippen LogP contribution in [0.25, 0.3) is 5.69 Å². The molecular weight excluding hydrogens is 392 g/mol. The molecule has 1 aliphatic rings. The lowest BCUT2D eigenvalue weighted by Gasteiger charge is -2.32. The molecule has 2 amide bonds. The van der Waals surface area contributed by atoms with Gasteiger partial charge in [-0.15, -0.1) is 0 Å². The van der Waals surface area contributed by atoms with E-state index in [9.17, 15) is 9.59 Å². The van der Waals surface area contributed by atoms with E-state index in [-0.39, 0.29) is 17.9 Å². The Labute approximate surface area is 176 Å². The summed E-state index contributed by atoms with van der Waals surface area (Å²) in [5, 5.41) is 7.98. The minimum Gasteiger partial charge on any atom is -0.444 e. The molecule has 2 heterocycles. The van der Waals surface area contributed by atoms with Crippen molar-refractivity contribution in [3.63, 3.8) is 0 Å². The molecule has 1 N–H and O–H groups in total. The zero-order chi connectivity index (χ0) is 21.0. The summed E-state index contributed by atoms with van der Waals surface area (Å²) in [6.45, 7) is 7.02. The highest BCUT2D eigenvalue weighted by atomic mass is 35.5. The summed E-state index contributed by atoms with van der Waals surface area (Å²) in [6, 6.07) is 7.39. The molecule has 1 aromatic carbocycles. The number of carbonyl (C=O) groups excluding carboxylic acids is 2. The first-order valence-corrected chi connectivity index (χ1v) is 10.1. The van der Waals surface area contributed by atoms with Gasteiger partial charge in [-0.05, 0) is 57.9 Å². The molecule has 29 heavy (non-hydrogen) atoms. The van der Waals surface area contributed by atoms with Crippen LogP contribution < -0.4 is 5.32 Å². The lowest BCUT2D eigenvalue weighted by atomic mass is 9.96. The highest BCUT2D eigenvalue weighted by molar-refractivity contribution is 6.30. The van der Waals surface area contributed by atoms with Gasteiger partial charge in [0.25, 0.3) is 0 Å². The number of amides is 2. The van der Waals surface area contributed by atoms with Crippen molar-refractivity contribution in [3.05, 3.63) is 47.2 Å². The van der Waals surface area contributed by atoms with E-state index in [0.717, 1.165) is 11.3 Å². The van der Waals surface area contributed by atoms with E-state index in [1.54, 1.807) is 15.8 Å². The molecule has 0 saturated carbocycles. The third kappa shape index (κ3) is 5.97. The average molecular weight is 419 g/mol. The normalized spacial score (nSPS) is 15.2. The number of rotatable bonds is 4. The summed E-state index contributed by atoms with van der Waals surface area (Å²) in [6.07, 6.45) is 4.57. The van der Waals surface area contributed by atoms with Gasteiger partial charge in [-0.25, -0.2) is 9.48 Å². The first-order chi connectivity index (χ1) is 13.7. The number of hydrogen-bond donors (Lipinski definition) is 1. The number of benzene rings is 1. The molecule has 3 rings (SSSR count). The SMILES string of the molecule is CC(C)(C)OC(=O)N1CCC(C(=O)NCc2cnn(-c3ccc(Cl)cc3)c2)CC1. The molecule has 0 bridgehead atoms. The van der Waals surface area contributed by atoms with Crippen LogP contribution in [0, 0.1) is 5.92 Å². The van der Waals surface area contributed by atoms with Gasteiger partial charge in [-0.3, -0.25) is 4.79 Å². The second-order valence-corrected chi connectivity index (χ2v) is 8.67. The van der Waals surface area contributed by atoms with Crippen molar-refractivity contribution in [2.24, 2.45) is 5.92 Å². The molecule has 1 fully saturated rings. The third-order valence-electron chi connectivity index (χ3n) is 4.71. The van der Waals surface area contributed by atoms with Gasteiger partial charge < -0.3 is 15.0 Å². The van der Waals surface area contributed by atoms with Crippen molar-refractivity contribution in [3.8, 4) is 5.69 Å². The van der Waals surface area contributed by atoms with Gasteiger partial charge >= 0.3 is 6.09 Å². The van der Waals surface area contributed by atoms with Crippen LogP contribution in [0.2, 0.25) is 5.02 Å². The fraction of sp³-hybridized carbons (Fsp3) is 0.476. The smallest absolute Gasteiger partial charge is 0.410 e. The van der Waals surface area contributed by atoms with Crippen LogP contribution in [0.15, 0.2) is 36.7 Å². The number of ether oxygens (including phenoxy) is 1. The van der Waals surface area contributed by atoms with Crippen molar-refractivity contribution >= 4 is 23.6 Å². The first kappa shape index (κ1) is 21.2. The number of aromatic nitrogens is 2. The van der Waals surface area contributed by atoms with Gasteiger partial charge in [0.2, 0.25) is 5.91 Å². The summed E-state index contributed by atoms with van der Waals surface area (Å²) < 4.78 is 7.14. The molecule has 1 aliphatic heterocycles. The lowest BCUT2D eigenvalue weighted by molar-refractivity contribution is -0.126. The van der Waals surface area contributed by atoms with Crippen LogP contribution >= 0.6 is 11.6 Å². The number of piperidine rings is 1. The molecular formula is C21H27ClN4O3. The van der Waals surface area contributed by atoms with Gasteiger partial charge in [0.05, 0.1) is 11.9 Å². The molecule has 0 radical (unpaired) electrons. The zero-order valence-electron chi connectivity index (χ0n) is 17.0. The van der Waals surface area contributed by atoms with Crippen LogP contribution in [-0.2, 0) is 16.1 Å². The highest BCUT2D eigenvalue weighted by Crippen LogP contribution is 2.20. The Morgan fingerprint density at radius 1 is 1.21 bits per heavy atom. The number of hydrogen-bond acceptors (Lipinski definition) is 4. The molecule has 1 saturated heterocycles. The summed E-state index contributed by atoms with van der Waals surface area (Å²) in [4.78, 5) is 26.3. The van der Waals surface area contributed by atoms with Gasteiger partial charge in [0.15, 0.2) is 0 Å². The predicted octanol–water partition coefficient (Wildman–Crippen LogP) is 3.79. The zero-order valence-corrected chi connectivity index (χ0v) is 17.8. The van der Waals surface area contributed by atoms with Gasteiger partial charge in [-0.2, -0.15) is 5.10 Å². The Bertz CT molecular complexity index is 850. The monoisotopic (exact) mass is 418 g/mol. The van der Waals surface area contributed by atoms with E-state index in [4.69, 9.17) is 16.3 Å². The summed E-state index contributed by atoms with van der Waals surface area (Å²) in [5.74, 6) is -0.0897. The maximum Gasteiger partial charge on any atom is 0.410 e. The highest BCUT2D eigenvalue weighted by Gasteiger charge is 2.29. The minimum atomic E-state index is -0.512. The fourth-order valence-electron chi connectivity index (χ4n) is 3.17. The molecule has 156 valence electrons. The Hall–Kier alpha value is -2.54. The molecule has 0 atom stereocenters. The second kappa shape index (κ2) is 8.86. The van der Waals surface area contributed by atoms with Gasteiger partial charge in [-0.1, -0.05) is 11.6 Å². The molecule has 0 unspecified atom stereocenters. The Morgan fingerprint density at radius 2 is 1.86 bits per heavy atom. The first-order valence-electron chi connectivity index (χ1n) is 9.76. The van der Waals surface area contributed by atoms with E-state index in [0.29, 0.717) is 37.5 Å². The summed E-state index contributed by atoms with van der Waals surface area (Å²) in [5.41, 5.74) is 1.31. The van der Waals surface area contributed by atoms with Gasteiger partial charge in [0, 0.05) is 42.3 Å². The Balaban J connectivity index is 1.46. The average Bonchev–Trinajstić information content (AvgIpc) is 3.14. The van der Waals surface area contributed by atoms with Gasteiger partial charge in [0.1, 0.15) is 5.60 Å². The quantitative estimate of drug-likeness (QED) is 0.819. The van der Waals surface area contributed by atoms with Crippen LogP contribution in [0.5, 0.6) is 0 Å². The Morgan fingerprint density at radius 3 is 2.48 bits per heavy atom. The van der Waals surface area contributed by atoms with Crippen LogP contribution in [0.4, 0.5) is 4.79 Å². The van der Waals surface area contributed by atoms with Crippen molar-refractivity contribution in [1.29, 1.82) is 0 Å². The van der Waals surface area contributed by atoms with Crippen molar-refractivity contribution in [2.75, 3.05) is 13.1 Å². The Kier molecular flexibility index (Phi) is 6.47. The molecule has 2 aromatic rings. The molecule has 0 aliphatic carbocycles. The molecule has 8 heteroatoms. The molecule has 1 aromatic heterocycles. The van der Waals surface area contributed by atoms with E-state index < -0.39 is 5.60 Å².